The summed E-state index contributed by atoms with van der Waals surface area (Å²) in [5.41, 5.74) is 0.404. The molecule has 0 aliphatic heterocycles. The van der Waals surface area contributed by atoms with Gasteiger partial charge in [0.15, 0.2) is 0 Å². The smallest absolute Gasteiger partial charge is 0.246 e. The second-order valence-corrected chi connectivity index (χ2v) is 8.99. The predicted molar refractivity (Wildman–Crippen MR) is 129 cm³/mol. The minimum Gasteiger partial charge on any atom is -0.494 e. The van der Waals surface area contributed by atoms with Gasteiger partial charge in [-0.15, -0.1) is 0 Å². The summed E-state index contributed by atoms with van der Waals surface area (Å²) in [5.74, 6) is 1.53. The van der Waals surface area contributed by atoms with Gasteiger partial charge in [-0.05, 0) is 62.7 Å². The highest BCUT2D eigenvalue weighted by molar-refractivity contribution is 7.89. The Balaban J connectivity index is 1.97. The number of anilines is 1. The Morgan fingerprint density at radius 3 is 2.06 bits per heavy atom. The molecule has 8 nitrogen and oxygen atoms in total. The van der Waals surface area contributed by atoms with Crippen LogP contribution in [0.2, 0.25) is 0 Å². The number of benzene rings is 2. The lowest BCUT2D eigenvalue weighted by atomic mass is 10.2. The first-order chi connectivity index (χ1) is 15.8. The van der Waals surface area contributed by atoms with Crippen LogP contribution < -0.4 is 19.5 Å². The number of nitrogens with one attached hydrogen (secondary N) is 1. The molecule has 33 heavy (non-hydrogen) atoms. The molecular weight excluding hydrogens is 444 g/mol. The highest BCUT2D eigenvalue weighted by atomic mass is 32.2. The van der Waals surface area contributed by atoms with Gasteiger partial charge < -0.3 is 19.5 Å². The lowest BCUT2D eigenvalue weighted by molar-refractivity contribution is -0.116. The molecule has 0 aliphatic rings. The number of hydrogen-bond acceptors (Lipinski definition) is 6. The van der Waals surface area contributed by atoms with Gasteiger partial charge in [0.1, 0.15) is 22.1 Å². The molecule has 1 N–H and O–H groups in total. The van der Waals surface area contributed by atoms with Gasteiger partial charge in [0, 0.05) is 25.2 Å². The van der Waals surface area contributed by atoms with Gasteiger partial charge in [0.25, 0.3) is 0 Å². The summed E-state index contributed by atoms with van der Waals surface area (Å²) in [5, 5.41) is 2.77. The molecular formula is C24H34N2O6S. The lowest BCUT2D eigenvalue weighted by Gasteiger charge is -2.21. The molecule has 0 aromatic heterocycles. The first-order valence-electron chi connectivity index (χ1n) is 11.3. The zero-order valence-corrected chi connectivity index (χ0v) is 20.6. The van der Waals surface area contributed by atoms with Crippen LogP contribution in [0.5, 0.6) is 17.2 Å². The molecule has 2 rings (SSSR count). The van der Waals surface area contributed by atoms with Crippen LogP contribution in [0.4, 0.5) is 5.69 Å². The molecule has 0 aliphatic carbocycles. The minimum absolute atomic E-state index is 0.0460. The number of sulfonamides is 1. The number of carbonyl (C=O) groups is 1. The van der Waals surface area contributed by atoms with Crippen molar-refractivity contribution >= 4 is 21.6 Å². The van der Waals surface area contributed by atoms with E-state index in [-0.39, 0.29) is 23.0 Å². The summed E-state index contributed by atoms with van der Waals surface area (Å²) in [6.07, 6.45) is 0.753. The zero-order valence-electron chi connectivity index (χ0n) is 19.8. The third-order valence-electron chi connectivity index (χ3n) is 4.80. The molecule has 182 valence electrons. The maximum atomic E-state index is 13.0. The van der Waals surface area contributed by atoms with Crippen molar-refractivity contribution in [2.75, 3.05) is 38.2 Å². The van der Waals surface area contributed by atoms with Crippen molar-refractivity contribution < 1.29 is 27.4 Å². The summed E-state index contributed by atoms with van der Waals surface area (Å²) < 4.78 is 44.0. The zero-order chi connectivity index (χ0) is 24.3. The van der Waals surface area contributed by atoms with Crippen molar-refractivity contribution in [2.45, 2.75) is 45.4 Å². The van der Waals surface area contributed by atoms with Crippen molar-refractivity contribution in [3.05, 3.63) is 42.5 Å². The normalized spacial score (nSPS) is 11.3. The minimum atomic E-state index is -3.74. The van der Waals surface area contributed by atoms with E-state index in [4.69, 9.17) is 14.2 Å². The van der Waals surface area contributed by atoms with E-state index in [9.17, 15) is 13.2 Å². The molecule has 0 unspecified atom stereocenters. The van der Waals surface area contributed by atoms with Gasteiger partial charge >= 0.3 is 0 Å². The molecule has 0 saturated heterocycles. The number of ether oxygens (including phenoxy) is 3. The maximum absolute atomic E-state index is 13.0. The van der Waals surface area contributed by atoms with Crippen LogP contribution in [0.15, 0.2) is 47.4 Å². The summed E-state index contributed by atoms with van der Waals surface area (Å²) in [6, 6.07) is 12.0. The summed E-state index contributed by atoms with van der Waals surface area (Å²) in [7, 11) is -3.74. The van der Waals surface area contributed by atoms with Crippen LogP contribution in [-0.4, -0.2) is 51.5 Å². The van der Waals surface area contributed by atoms with Crippen LogP contribution in [0, 0.1) is 0 Å². The van der Waals surface area contributed by atoms with E-state index in [0.717, 1.165) is 5.75 Å². The molecule has 0 atom stereocenters. The molecule has 0 spiro atoms. The van der Waals surface area contributed by atoms with Gasteiger partial charge in [-0.1, -0.05) is 13.8 Å². The van der Waals surface area contributed by atoms with E-state index >= 15 is 0 Å². The van der Waals surface area contributed by atoms with Crippen molar-refractivity contribution in [3.63, 3.8) is 0 Å². The molecule has 2 aromatic carbocycles. The van der Waals surface area contributed by atoms with Crippen molar-refractivity contribution in [3.8, 4) is 17.2 Å². The maximum Gasteiger partial charge on any atom is 0.246 e. The predicted octanol–water partition coefficient (Wildman–Crippen LogP) is 4.31. The molecule has 0 saturated carbocycles. The molecule has 9 heteroatoms. The Hall–Kier alpha value is -2.78. The van der Waals surface area contributed by atoms with E-state index in [1.54, 1.807) is 32.9 Å². The molecule has 0 bridgehead atoms. The van der Waals surface area contributed by atoms with Gasteiger partial charge in [-0.2, -0.15) is 4.31 Å². The van der Waals surface area contributed by atoms with Crippen molar-refractivity contribution in [1.29, 1.82) is 0 Å². The van der Waals surface area contributed by atoms with Crippen molar-refractivity contribution in [1.82, 2.24) is 4.31 Å². The highest BCUT2D eigenvalue weighted by Crippen LogP contribution is 2.30. The number of carbonyl (C=O) groups excluding carboxylic acids is 1. The molecule has 1 amide bonds. The van der Waals surface area contributed by atoms with Crippen LogP contribution in [-0.2, 0) is 14.8 Å². The Morgan fingerprint density at radius 2 is 1.48 bits per heavy atom. The molecule has 2 aromatic rings. The van der Waals surface area contributed by atoms with Crippen LogP contribution >= 0.6 is 0 Å². The first-order valence-corrected chi connectivity index (χ1v) is 12.7. The van der Waals surface area contributed by atoms with Crippen LogP contribution in [0.25, 0.3) is 0 Å². The highest BCUT2D eigenvalue weighted by Gasteiger charge is 2.26. The average Bonchev–Trinajstić information content (AvgIpc) is 2.80. The lowest BCUT2D eigenvalue weighted by Crippen LogP contribution is -2.31. The van der Waals surface area contributed by atoms with Gasteiger partial charge in [0.2, 0.25) is 15.9 Å². The number of rotatable bonds is 14. The Bertz CT molecular complexity index is 989. The topological polar surface area (TPSA) is 94.2 Å². The van der Waals surface area contributed by atoms with E-state index in [1.807, 2.05) is 31.2 Å². The largest absolute Gasteiger partial charge is 0.494 e. The van der Waals surface area contributed by atoms with Crippen LogP contribution in [0.3, 0.4) is 0 Å². The average molecular weight is 479 g/mol. The fourth-order valence-electron chi connectivity index (χ4n) is 3.21. The van der Waals surface area contributed by atoms with Gasteiger partial charge in [0.05, 0.1) is 19.8 Å². The number of hydrogen-bond donors (Lipinski definition) is 1. The summed E-state index contributed by atoms with van der Waals surface area (Å²) in [6.45, 7) is 9.28. The number of amides is 1. The van der Waals surface area contributed by atoms with E-state index < -0.39 is 10.0 Å². The van der Waals surface area contributed by atoms with Gasteiger partial charge in [-0.3, -0.25) is 4.79 Å². The fourth-order valence-corrected chi connectivity index (χ4v) is 4.82. The quantitative estimate of drug-likeness (QED) is 0.407. The van der Waals surface area contributed by atoms with E-state index in [0.29, 0.717) is 50.8 Å². The van der Waals surface area contributed by atoms with E-state index in [2.05, 4.69) is 5.32 Å². The Kier molecular flexibility index (Phi) is 10.5. The molecule has 0 radical (unpaired) electrons. The Labute approximate surface area is 196 Å². The Morgan fingerprint density at radius 1 is 0.879 bits per heavy atom. The summed E-state index contributed by atoms with van der Waals surface area (Å²) >= 11 is 0. The number of nitrogens with zero attached hydrogens (tertiary/aromatic N) is 1. The summed E-state index contributed by atoms with van der Waals surface area (Å²) in [4.78, 5) is 12.4. The van der Waals surface area contributed by atoms with Crippen LogP contribution in [0.1, 0.15) is 40.5 Å². The van der Waals surface area contributed by atoms with E-state index in [1.165, 1.54) is 10.4 Å². The third kappa shape index (κ3) is 7.64. The monoisotopic (exact) mass is 478 g/mol. The second kappa shape index (κ2) is 13.1. The standard InChI is InChI=1S/C24H34N2O6S/c1-5-26(6-2)33(28,29)23-18-19(11-16-22(23)31-8-4)25-24(27)10-9-17-32-21-14-12-20(13-15-21)30-7-3/h11-16,18H,5-10,17H2,1-4H3,(H,25,27). The fraction of sp³-hybridized carbons (Fsp3) is 0.458. The van der Waals surface area contributed by atoms with Gasteiger partial charge in [-0.25, -0.2) is 8.42 Å². The third-order valence-corrected chi connectivity index (χ3v) is 6.87. The second-order valence-electron chi connectivity index (χ2n) is 7.09. The SMILES string of the molecule is CCOc1ccc(OCCCC(=O)Nc2ccc(OCC)c(S(=O)(=O)N(CC)CC)c2)cc1. The first kappa shape index (κ1) is 26.5. The van der Waals surface area contributed by atoms with Crippen molar-refractivity contribution in [2.24, 2.45) is 0 Å². The molecule has 0 fully saturated rings. The molecule has 0 heterocycles.